The highest BCUT2D eigenvalue weighted by atomic mass is 16.6. The monoisotopic (exact) mass is 188 g/mol. The van der Waals surface area contributed by atoms with Crippen LogP contribution < -0.4 is 0 Å². The first-order valence-corrected chi connectivity index (χ1v) is 3.76. The minimum Gasteiger partial charge on any atom is -0.463 e. The highest BCUT2D eigenvalue weighted by molar-refractivity contribution is 5.81. The van der Waals surface area contributed by atoms with E-state index in [1.165, 1.54) is 0 Å². The average molecular weight is 188 g/mol. The molecule has 0 fully saturated rings. The van der Waals surface area contributed by atoms with E-state index in [9.17, 15) is 9.59 Å². The highest BCUT2D eigenvalue weighted by Gasteiger charge is 2.03. The zero-order chi connectivity index (χ0) is 10.1. The Morgan fingerprint density at radius 1 is 1.31 bits per heavy atom. The second-order valence-corrected chi connectivity index (χ2v) is 2.07. The number of esters is 2. The number of carbonyl (C=O) groups excluding carboxylic acids is 2. The summed E-state index contributed by atoms with van der Waals surface area (Å²) >= 11 is 0. The summed E-state index contributed by atoms with van der Waals surface area (Å²) in [5.74, 6) is -1.08. The largest absolute Gasteiger partial charge is 0.463 e. The Morgan fingerprint density at radius 2 is 2.00 bits per heavy atom. The van der Waals surface area contributed by atoms with Crippen LogP contribution in [0, 0.1) is 0 Å². The third-order valence-corrected chi connectivity index (χ3v) is 1.07. The van der Waals surface area contributed by atoms with Crippen LogP contribution in [0.2, 0.25) is 0 Å². The first kappa shape index (κ1) is 11.6. The van der Waals surface area contributed by atoms with Crippen molar-refractivity contribution in [3.05, 3.63) is 12.7 Å². The molecule has 0 aliphatic rings. The quantitative estimate of drug-likeness (QED) is 0.455. The summed E-state index contributed by atoms with van der Waals surface area (Å²) in [6.07, 6.45) is 0.999. The van der Waals surface area contributed by atoms with Gasteiger partial charge >= 0.3 is 11.9 Å². The molecule has 0 saturated carbocycles. The normalized spacial score (nSPS) is 9.00. The summed E-state index contributed by atoms with van der Waals surface area (Å²) < 4.78 is 9.02. The molecule has 0 atom stereocenters. The maximum Gasteiger partial charge on any atom is 0.330 e. The summed E-state index contributed by atoms with van der Waals surface area (Å²) in [5.41, 5.74) is 0. The van der Waals surface area contributed by atoms with Crippen LogP contribution in [0.1, 0.15) is 6.42 Å². The van der Waals surface area contributed by atoms with Crippen molar-refractivity contribution >= 4 is 11.9 Å². The second-order valence-electron chi connectivity index (χ2n) is 2.07. The summed E-state index contributed by atoms with van der Waals surface area (Å²) in [6.45, 7) is 2.91. The molecule has 0 aliphatic heterocycles. The zero-order valence-electron chi connectivity index (χ0n) is 7.19. The van der Waals surface area contributed by atoms with E-state index in [0.29, 0.717) is 0 Å². The maximum atomic E-state index is 10.7. The number of hydrogen-bond acceptors (Lipinski definition) is 5. The molecule has 0 aliphatic carbocycles. The molecule has 74 valence electrons. The molecule has 0 bridgehead atoms. The van der Waals surface area contributed by atoms with Crippen molar-refractivity contribution in [3.63, 3.8) is 0 Å². The van der Waals surface area contributed by atoms with E-state index in [-0.39, 0.29) is 26.2 Å². The standard InChI is InChI=1S/C8H12O5/c1-2-7(10)12-5-3-8(11)13-6-4-9/h2,9H,1,3-6H2. The van der Waals surface area contributed by atoms with Crippen LogP contribution in [0.3, 0.4) is 0 Å². The van der Waals surface area contributed by atoms with Gasteiger partial charge in [-0.3, -0.25) is 4.79 Å². The van der Waals surface area contributed by atoms with Gasteiger partial charge in [-0.25, -0.2) is 4.79 Å². The molecule has 0 saturated heterocycles. The van der Waals surface area contributed by atoms with Gasteiger partial charge in [0.2, 0.25) is 0 Å². The van der Waals surface area contributed by atoms with Crippen molar-refractivity contribution < 1.29 is 24.2 Å². The number of ether oxygens (including phenoxy) is 2. The second kappa shape index (κ2) is 7.30. The summed E-state index contributed by atoms with van der Waals surface area (Å²) in [7, 11) is 0. The number of aliphatic hydroxyl groups is 1. The number of hydrogen-bond donors (Lipinski definition) is 1. The van der Waals surface area contributed by atoms with Gasteiger partial charge in [-0.05, 0) is 0 Å². The molecule has 0 rings (SSSR count). The van der Waals surface area contributed by atoms with Gasteiger partial charge in [-0.15, -0.1) is 0 Å². The van der Waals surface area contributed by atoms with Gasteiger partial charge < -0.3 is 14.6 Å². The number of rotatable bonds is 6. The lowest BCUT2D eigenvalue weighted by Crippen LogP contribution is -2.12. The van der Waals surface area contributed by atoms with Crippen molar-refractivity contribution in [1.82, 2.24) is 0 Å². The van der Waals surface area contributed by atoms with Gasteiger partial charge in [0.05, 0.1) is 13.0 Å². The zero-order valence-corrected chi connectivity index (χ0v) is 7.19. The molecule has 0 aromatic heterocycles. The Hall–Kier alpha value is -1.36. The summed E-state index contributed by atoms with van der Waals surface area (Å²) in [4.78, 5) is 21.2. The van der Waals surface area contributed by atoms with Crippen molar-refractivity contribution in [2.45, 2.75) is 6.42 Å². The van der Waals surface area contributed by atoms with Gasteiger partial charge in [0, 0.05) is 6.08 Å². The van der Waals surface area contributed by atoms with E-state index in [0.717, 1.165) is 6.08 Å². The fraction of sp³-hybridized carbons (Fsp3) is 0.500. The van der Waals surface area contributed by atoms with Crippen LogP contribution >= 0.6 is 0 Å². The average Bonchev–Trinajstić information content (AvgIpc) is 2.14. The first-order chi connectivity index (χ1) is 6.20. The molecule has 0 heterocycles. The van der Waals surface area contributed by atoms with Crippen molar-refractivity contribution in [2.75, 3.05) is 19.8 Å². The highest BCUT2D eigenvalue weighted by Crippen LogP contribution is 1.89. The van der Waals surface area contributed by atoms with E-state index in [2.05, 4.69) is 16.1 Å². The lowest BCUT2D eigenvalue weighted by molar-refractivity contribution is -0.147. The molecule has 0 aromatic rings. The Morgan fingerprint density at radius 3 is 2.54 bits per heavy atom. The van der Waals surface area contributed by atoms with Crippen molar-refractivity contribution in [2.24, 2.45) is 0 Å². The smallest absolute Gasteiger partial charge is 0.330 e. The predicted octanol–water partition coefficient (Wildman–Crippen LogP) is -0.359. The van der Waals surface area contributed by atoms with Crippen LogP contribution in [0.5, 0.6) is 0 Å². The summed E-state index contributed by atoms with van der Waals surface area (Å²) in [6, 6.07) is 0. The SMILES string of the molecule is C=CC(=O)OCCC(=O)OCCO. The molecular weight excluding hydrogens is 176 g/mol. The molecule has 0 amide bonds. The van der Waals surface area contributed by atoms with E-state index in [1.54, 1.807) is 0 Å². The molecule has 13 heavy (non-hydrogen) atoms. The minimum atomic E-state index is -0.574. The van der Waals surface area contributed by atoms with Gasteiger partial charge in [0.1, 0.15) is 13.2 Å². The van der Waals surface area contributed by atoms with Crippen LogP contribution in [0.25, 0.3) is 0 Å². The van der Waals surface area contributed by atoms with E-state index >= 15 is 0 Å². The lowest BCUT2D eigenvalue weighted by Gasteiger charge is -2.02. The third-order valence-electron chi connectivity index (χ3n) is 1.07. The number of aliphatic hydroxyl groups excluding tert-OH is 1. The molecule has 5 heteroatoms. The molecule has 0 aromatic carbocycles. The van der Waals surface area contributed by atoms with Crippen LogP contribution in [-0.2, 0) is 19.1 Å². The third kappa shape index (κ3) is 7.02. The van der Waals surface area contributed by atoms with Gasteiger partial charge in [0.25, 0.3) is 0 Å². The van der Waals surface area contributed by atoms with Crippen molar-refractivity contribution in [1.29, 1.82) is 0 Å². The van der Waals surface area contributed by atoms with Gasteiger partial charge in [-0.2, -0.15) is 0 Å². The maximum absolute atomic E-state index is 10.7. The number of carbonyl (C=O) groups is 2. The van der Waals surface area contributed by atoms with Crippen LogP contribution in [0.4, 0.5) is 0 Å². The molecular formula is C8H12O5. The van der Waals surface area contributed by atoms with Gasteiger partial charge in [0.15, 0.2) is 0 Å². The first-order valence-electron chi connectivity index (χ1n) is 3.76. The van der Waals surface area contributed by atoms with Crippen molar-refractivity contribution in [3.8, 4) is 0 Å². The Labute approximate surface area is 75.9 Å². The minimum absolute atomic E-state index is 0.0143. The molecule has 5 nitrogen and oxygen atoms in total. The van der Waals surface area contributed by atoms with Crippen LogP contribution in [-0.4, -0.2) is 36.9 Å². The fourth-order valence-electron chi connectivity index (χ4n) is 0.526. The predicted molar refractivity (Wildman–Crippen MR) is 43.8 cm³/mol. The Kier molecular flexibility index (Phi) is 6.53. The topological polar surface area (TPSA) is 72.8 Å². The van der Waals surface area contributed by atoms with E-state index in [1.807, 2.05) is 0 Å². The van der Waals surface area contributed by atoms with E-state index < -0.39 is 11.9 Å². The molecule has 0 unspecified atom stereocenters. The molecule has 1 N–H and O–H groups in total. The molecule has 0 spiro atoms. The van der Waals surface area contributed by atoms with E-state index in [4.69, 9.17) is 5.11 Å². The summed E-state index contributed by atoms with van der Waals surface area (Å²) in [5, 5.41) is 8.29. The molecule has 0 radical (unpaired) electrons. The van der Waals surface area contributed by atoms with Gasteiger partial charge in [-0.1, -0.05) is 6.58 Å². The fourth-order valence-corrected chi connectivity index (χ4v) is 0.526. The lowest BCUT2D eigenvalue weighted by atomic mass is 10.4. The Bertz CT molecular complexity index is 187. The van der Waals surface area contributed by atoms with Crippen LogP contribution in [0.15, 0.2) is 12.7 Å². The Balaban J connectivity index is 3.36.